The first kappa shape index (κ1) is 29.7. The minimum absolute atomic E-state index is 0. The van der Waals surface area contributed by atoms with E-state index in [0.717, 1.165) is 0 Å². The van der Waals surface area contributed by atoms with E-state index >= 15 is 0 Å². The van der Waals surface area contributed by atoms with Crippen molar-refractivity contribution in [2.24, 2.45) is 5.73 Å². The third kappa shape index (κ3) is 20.9. The molecule has 104 valence electrons. The van der Waals surface area contributed by atoms with Crippen molar-refractivity contribution in [3.63, 3.8) is 0 Å². The molecule has 11 heteroatoms. The molecular weight excluding hydrogens is 322 g/mol. The van der Waals surface area contributed by atoms with Crippen molar-refractivity contribution in [1.29, 1.82) is 0 Å². The number of carboxylic acids is 1. The van der Waals surface area contributed by atoms with Gasteiger partial charge in [0.05, 0.1) is 13.1 Å². The van der Waals surface area contributed by atoms with E-state index in [4.69, 9.17) is 10.8 Å². The van der Waals surface area contributed by atoms with Crippen LogP contribution < -0.4 is 16.4 Å². The molecule has 0 spiro atoms. The van der Waals surface area contributed by atoms with Crippen molar-refractivity contribution in [2.45, 2.75) is 0 Å². The fourth-order valence-corrected chi connectivity index (χ4v) is 0.488. The zero-order valence-corrected chi connectivity index (χ0v) is 10.8. The molecular formula is C6H17MoN3O7. The summed E-state index contributed by atoms with van der Waals surface area (Å²) in [5.74, 6) is -2.17. The summed E-state index contributed by atoms with van der Waals surface area (Å²) in [4.78, 5) is 31.2. The van der Waals surface area contributed by atoms with Crippen molar-refractivity contribution >= 4 is 17.8 Å². The third-order valence-electron chi connectivity index (χ3n) is 1.07. The summed E-state index contributed by atoms with van der Waals surface area (Å²) < 4.78 is 0. The number of carbonyl (C=O) groups is 3. The maximum Gasteiger partial charge on any atom is 0.322 e. The smallest absolute Gasteiger partial charge is 0.322 e. The van der Waals surface area contributed by atoms with Crippen molar-refractivity contribution in [2.75, 3.05) is 19.6 Å². The van der Waals surface area contributed by atoms with Crippen molar-refractivity contribution in [1.82, 2.24) is 10.6 Å². The Kier molecular flexibility index (Phi) is 30.3. The molecule has 0 bridgehead atoms. The van der Waals surface area contributed by atoms with Gasteiger partial charge in [-0.3, -0.25) is 14.4 Å². The maximum absolute atomic E-state index is 10.7. The number of hydrogen-bond donors (Lipinski definition) is 4. The summed E-state index contributed by atoms with van der Waals surface area (Å²) in [6, 6.07) is 0. The minimum Gasteiger partial charge on any atom is -0.480 e. The standard InChI is InChI=1S/C6H11N3O4.Mo.3H2O/c7-1-4(10)8-2-5(11)9-3-6(12)13;;;;/h1-3,7H2,(H,8,10)(H,9,11)(H,12,13);;3*1H2. The molecule has 0 unspecified atom stereocenters. The van der Waals surface area contributed by atoms with E-state index in [9.17, 15) is 14.4 Å². The number of rotatable bonds is 5. The quantitative estimate of drug-likeness (QED) is 0.360. The SMILES string of the molecule is NCC(=O)NCC(=O)NCC(=O)O.O.O.O.[Mo]. The summed E-state index contributed by atoms with van der Waals surface area (Å²) in [5.41, 5.74) is 4.94. The van der Waals surface area contributed by atoms with Crippen molar-refractivity contribution in [3.8, 4) is 0 Å². The van der Waals surface area contributed by atoms with Crippen LogP contribution in [0.15, 0.2) is 0 Å². The van der Waals surface area contributed by atoms with Crippen LogP contribution in [-0.2, 0) is 35.4 Å². The second-order valence-electron chi connectivity index (χ2n) is 2.15. The molecule has 0 atom stereocenters. The zero-order valence-electron chi connectivity index (χ0n) is 8.78. The fraction of sp³-hybridized carbons (Fsp3) is 0.500. The second-order valence-corrected chi connectivity index (χ2v) is 2.15. The predicted octanol–water partition coefficient (Wildman–Crippen LogP) is -5.21. The molecule has 2 amide bonds. The summed E-state index contributed by atoms with van der Waals surface area (Å²) in [7, 11) is 0. The van der Waals surface area contributed by atoms with Crippen LogP contribution >= 0.6 is 0 Å². The van der Waals surface area contributed by atoms with Gasteiger partial charge in [-0.2, -0.15) is 0 Å². The van der Waals surface area contributed by atoms with E-state index in [-0.39, 0.29) is 50.6 Å². The van der Waals surface area contributed by atoms with E-state index in [2.05, 4.69) is 10.6 Å². The molecule has 17 heavy (non-hydrogen) atoms. The predicted molar refractivity (Wildman–Crippen MR) is 53.6 cm³/mol. The van der Waals surface area contributed by atoms with E-state index < -0.39 is 24.3 Å². The normalized spacial score (nSPS) is 6.88. The summed E-state index contributed by atoms with van der Waals surface area (Å²) in [6.07, 6.45) is 0. The zero-order chi connectivity index (χ0) is 10.3. The first-order chi connectivity index (χ1) is 6.06. The molecule has 0 aliphatic carbocycles. The number of carbonyl (C=O) groups excluding carboxylic acids is 2. The van der Waals surface area contributed by atoms with Crippen LogP contribution in [0.25, 0.3) is 0 Å². The Labute approximate surface area is 111 Å². The first-order valence-corrected chi connectivity index (χ1v) is 3.51. The summed E-state index contributed by atoms with van der Waals surface area (Å²) in [6.45, 7) is -0.924. The van der Waals surface area contributed by atoms with Gasteiger partial charge < -0.3 is 37.9 Å². The van der Waals surface area contributed by atoms with Crippen LogP contribution in [0.1, 0.15) is 0 Å². The van der Waals surface area contributed by atoms with Gasteiger partial charge in [0.1, 0.15) is 6.54 Å². The molecule has 11 N–H and O–H groups in total. The van der Waals surface area contributed by atoms with Gasteiger partial charge in [-0.25, -0.2) is 0 Å². The maximum atomic E-state index is 10.7. The Bertz CT molecular complexity index is 226. The molecule has 0 heterocycles. The number of nitrogens with two attached hydrogens (primary N) is 1. The second kappa shape index (κ2) is 17.3. The van der Waals surface area contributed by atoms with Crippen LogP contribution in [0, 0.1) is 0 Å². The molecule has 0 saturated carbocycles. The summed E-state index contributed by atoms with van der Waals surface area (Å²) >= 11 is 0. The molecule has 0 aromatic rings. The van der Waals surface area contributed by atoms with Crippen molar-refractivity contribution in [3.05, 3.63) is 0 Å². The van der Waals surface area contributed by atoms with Gasteiger partial charge in [0, 0.05) is 21.1 Å². The van der Waals surface area contributed by atoms with Gasteiger partial charge in [-0.1, -0.05) is 0 Å². The fourth-order valence-electron chi connectivity index (χ4n) is 0.488. The van der Waals surface area contributed by atoms with Gasteiger partial charge >= 0.3 is 5.97 Å². The molecule has 0 aromatic heterocycles. The van der Waals surface area contributed by atoms with E-state index in [1.54, 1.807) is 0 Å². The van der Waals surface area contributed by atoms with E-state index in [0.29, 0.717) is 0 Å². The third-order valence-corrected chi connectivity index (χ3v) is 1.07. The molecule has 0 radical (unpaired) electrons. The van der Waals surface area contributed by atoms with Gasteiger partial charge in [0.2, 0.25) is 11.8 Å². The number of carboxylic acid groups (broad SMARTS) is 1. The van der Waals surface area contributed by atoms with Crippen molar-refractivity contribution < 1.29 is 57.0 Å². The largest absolute Gasteiger partial charge is 0.480 e. The Morgan fingerprint density at radius 1 is 0.941 bits per heavy atom. The first-order valence-electron chi connectivity index (χ1n) is 3.51. The van der Waals surface area contributed by atoms with Crippen LogP contribution in [0.3, 0.4) is 0 Å². The van der Waals surface area contributed by atoms with E-state index in [1.165, 1.54) is 0 Å². The summed E-state index contributed by atoms with van der Waals surface area (Å²) in [5, 5.41) is 12.4. The van der Waals surface area contributed by atoms with Crippen LogP contribution in [0.2, 0.25) is 0 Å². The Balaban J connectivity index is -0.000000120. The number of aliphatic carboxylic acids is 1. The Hall–Kier alpha value is -1.06. The minimum atomic E-state index is -1.14. The van der Waals surface area contributed by atoms with Gasteiger partial charge in [-0.15, -0.1) is 0 Å². The van der Waals surface area contributed by atoms with E-state index in [1.807, 2.05) is 0 Å². The topological polar surface area (TPSA) is 216 Å². The molecule has 0 saturated heterocycles. The monoisotopic (exact) mass is 341 g/mol. The molecule has 0 aromatic carbocycles. The van der Waals surface area contributed by atoms with Crippen LogP contribution in [0.5, 0.6) is 0 Å². The van der Waals surface area contributed by atoms with Crippen LogP contribution in [0.4, 0.5) is 0 Å². The number of amides is 2. The van der Waals surface area contributed by atoms with Gasteiger partial charge in [0.25, 0.3) is 0 Å². The van der Waals surface area contributed by atoms with Crippen LogP contribution in [-0.4, -0.2) is 59.0 Å². The number of nitrogens with one attached hydrogen (secondary N) is 2. The molecule has 0 aliphatic rings. The Morgan fingerprint density at radius 3 is 1.71 bits per heavy atom. The average molecular weight is 339 g/mol. The molecule has 0 rings (SSSR count). The van der Waals surface area contributed by atoms with Gasteiger partial charge in [0.15, 0.2) is 0 Å². The molecule has 10 nitrogen and oxygen atoms in total. The number of hydrogen-bond acceptors (Lipinski definition) is 4. The molecule has 0 fully saturated rings. The Morgan fingerprint density at radius 2 is 1.35 bits per heavy atom. The molecule has 0 aliphatic heterocycles. The van der Waals surface area contributed by atoms with Gasteiger partial charge in [-0.05, 0) is 0 Å². The average Bonchev–Trinajstić information content (AvgIpc) is 2.10.